The number of hydrazone groups is 1. The molecule has 0 fully saturated rings. The lowest BCUT2D eigenvalue weighted by Crippen LogP contribution is -2.44. The van der Waals surface area contributed by atoms with Crippen LogP contribution in [0.5, 0.6) is 5.75 Å². The quantitative estimate of drug-likeness (QED) is 0.398. The Labute approximate surface area is 225 Å². The van der Waals surface area contributed by atoms with Crippen LogP contribution in [0, 0.1) is 5.82 Å². The van der Waals surface area contributed by atoms with E-state index in [1.165, 1.54) is 30.2 Å². The van der Waals surface area contributed by atoms with Crippen molar-refractivity contribution in [2.75, 3.05) is 39.2 Å². The van der Waals surface area contributed by atoms with E-state index in [2.05, 4.69) is 10.4 Å². The number of halogens is 2. The van der Waals surface area contributed by atoms with E-state index in [9.17, 15) is 14.0 Å². The van der Waals surface area contributed by atoms with Crippen molar-refractivity contribution < 1.29 is 23.5 Å². The molecule has 4 rings (SSSR count). The van der Waals surface area contributed by atoms with Gasteiger partial charge in [-0.15, -0.1) is 0 Å². The molecule has 3 aromatic carbocycles. The van der Waals surface area contributed by atoms with Crippen molar-refractivity contribution in [1.29, 1.82) is 0 Å². The van der Waals surface area contributed by atoms with Crippen LogP contribution in [0.1, 0.15) is 23.6 Å². The van der Waals surface area contributed by atoms with Crippen molar-refractivity contribution in [1.82, 2.24) is 9.91 Å². The average Bonchev–Trinajstić information content (AvgIpc) is 3.37. The van der Waals surface area contributed by atoms with Crippen molar-refractivity contribution in [2.24, 2.45) is 5.10 Å². The van der Waals surface area contributed by atoms with E-state index >= 15 is 0 Å². The van der Waals surface area contributed by atoms with Gasteiger partial charge in [0.25, 0.3) is 5.91 Å². The highest BCUT2D eigenvalue weighted by atomic mass is 35.5. The first kappa shape index (κ1) is 27.1. The van der Waals surface area contributed by atoms with Crippen LogP contribution in [0.25, 0.3) is 0 Å². The molecule has 0 saturated heterocycles. The van der Waals surface area contributed by atoms with E-state index in [0.717, 1.165) is 0 Å². The average molecular weight is 539 g/mol. The molecule has 1 aliphatic rings. The zero-order chi connectivity index (χ0) is 27.1. The highest BCUT2D eigenvalue weighted by Gasteiger charge is 2.36. The highest BCUT2D eigenvalue weighted by Crippen LogP contribution is 2.35. The number of para-hydroxylation sites is 2. The number of hydrogen-bond donors (Lipinski definition) is 1. The lowest BCUT2D eigenvalue weighted by molar-refractivity contribution is -0.133. The molecule has 0 aromatic heterocycles. The Balaban J connectivity index is 1.62. The van der Waals surface area contributed by atoms with E-state index < -0.39 is 23.8 Å². The number of carbonyl (C=O) groups is 2. The lowest BCUT2D eigenvalue weighted by atomic mass is 9.98. The molecule has 1 atom stereocenters. The first-order valence-corrected chi connectivity index (χ1v) is 12.4. The predicted molar refractivity (Wildman–Crippen MR) is 144 cm³/mol. The first-order valence-electron chi connectivity index (χ1n) is 12.0. The van der Waals surface area contributed by atoms with Crippen molar-refractivity contribution >= 4 is 34.9 Å². The van der Waals surface area contributed by atoms with Crippen molar-refractivity contribution in [2.45, 2.75) is 12.5 Å². The number of ether oxygens (including phenoxy) is 2. The zero-order valence-electron chi connectivity index (χ0n) is 21.1. The van der Waals surface area contributed by atoms with E-state index in [1.807, 2.05) is 6.07 Å². The van der Waals surface area contributed by atoms with E-state index in [0.29, 0.717) is 33.3 Å². The van der Waals surface area contributed by atoms with Crippen LogP contribution in [0.2, 0.25) is 5.02 Å². The summed E-state index contributed by atoms with van der Waals surface area (Å²) in [6.45, 7) is 0.0363. The molecule has 198 valence electrons. The molecular weight excluding hydrogens is 511 g/mol. The number of anilines is 1. The minimum absolute atomic E-state index is 0.141. The van der Waals surface area contributed by atoms with Crippen molar-refractivity contribution in [3.8, 4) is 5.75 Å². The number of hydrogen-bond acceptors (Lipinski definition) is 5. The molecule has 0 radical (unpaired) electrons. The molecule has 8 nitrogen and oxygen atoms in total. The number of amides is 3. The van der Waals surface area contributed by atoms with Gasteiger partial charge in [-0.2, -0.15) is 5.10 Å². The maximum absolute atomic E-state index is 14.8. The van der Waals surface area contributed by atoms with Gasteiger partial charge in [0.15, 0.2) is 0 Å². The van der Waals surface area contributed by atoms with Gasteiger partial charge in [0, 0.05) is 36.2 Å². The second kappa shape index (κ2) is 12.5. The standard InChI is InChI=1S/C28H28ClFN4O4/c1-37-16-15-33(28(36)31-23-13-7-8-14-26(23)38-2)18-27(35)34-25(20-10-4-6-12-22(20)30)17-24(32-34)19-9-3-5-11-21(19)29/h3-14,25H,15-18H2,1-2H3,(H,31,36). The predicted octanol–water partition coefficient (Wildman–Crippen LogP) is 5.35. The van der Waals surface area contributed by atoms with Crippen LogP contribution >= 0.6 is 11.6 Å². The Morgan fingerprint density at radius 2 is 1.79 bits per heavy atom. The van der Waals surface area contributed by atoms with Crippen molar-refractivity contribution in [3.63, 3.8) is 0 Å². The van der Waals surface area contributed by atoms with Crippen LogP contribution in [0.3, 0.4) is 0 Å². The van der Waals surface area contributed by atoms with Crippen LogP contribution in [-0.2, 0) is 9.53 Å². The summed E-state index contributed by atoms with van der Waals surface area (Å²) in [5, 5.41) is 9.07. The van der Waals surface area contributed by atoms with E-state index in [-0.39, 0.29) is 26.1 Å². The normalized spacial score (nSPS) is 14.7. The Kier molecular flexibility index (Phi) is 8.93. The van der Waals surface area contributed by atoms with E-state index in [4.69, 9.17) is 21.1 Å². The van der Waals surface area contributed by atoms with Gasteiger partial charge < -0.3 is 19.7 Å². The number of nitrogens with zero attached hydrogens (tertiary/aromatic N) is 3. The van der Waals surface area contributed by atoms with Crippen molar-refractivity contribution in [3.05, 3.63) is 94.8 Å². The fourth-order valence-electron chi connectivity index (χ4n) is 4.22. The third-order valence-corrected chi connectivity index (χ3v) is 6.47. The Morgan fingerprint density at radius 3 is 2.53 bits per heavy atom. The molecule has 0 spiro atoms. The Morgan fingerprint density at radius 1 is 1.08 bits per heavy atom. The molecular formula is C28H28ClFN4O4. The number of urea groups is 1. The summed E-state index contributed by atoms with van der Waals surface area (Å²) >= 11 is 6.40. The second-order valence-electron chi connectivity index (χ2n) is 8.55. The molecule has 1 aliphatic heterocycles. The van der Waals surface area contributed by atoms with Gasteiger partial charge in [-0.05, 0) is 24.3 Å². The van der Waals surface area contributed by atoms with Crippen LogP contribution < -0.4 is 10.1 Å². The van der Waals surface area contributed by atoms with Gasteiger partial charge >= 0.3 is 6.03 Å². The summed E-state index contributed by atoms with van der Waals surface area (Å²) in [4.78, 5) is 28.1. The van der Waals surface area contributed by atoms with Gasteiger partial charge in [0.1, 0.15) is 18.1 Å². The third-order valence-electron chi connectivity index (χ3n) is 6.14. The number of benzene rings is 3. The maximum atomic E-state index is 14.8. The molecule has 0 aliphatic carbocycles. The topological polar surface area (TPSA) is 83.5 Å². The lowest BCUT2D eigenvalue weighted by Gasteiger charge is -2.27. The van der Waals surface area contributed by atoms with Gasteiger partial charge in [0.05, 0.1) is 31.2 Å². The fourth-order valence-corrected chi connectivity index (χ4v) is 4.46. The molecule has 1 unspecified atom stereocenters. The largest absolute Gasteiger partial charge is 0.495 e. The summed E-state index contributed by atoms with van der Waals surface area (Å²) in [7, 11) is 3.01. The maximum Gasteiger partial charge on any atom is 0.322 e. The third kappa shape index (κ3) is 6.12. The minimum atomic E-state index is -0.698. The van der Waals surface area contributed by atoms with Gasteiger partial charge in [-0.25, -0.2) is 14.2 Å². The number of rotatable bonds is 9. The Bertz CT molecular complexity index is 1340. The summed E-state index contributed by atoms with van der Waals surface area (Å²) < 4.78 is 25.3. The zero-order valence-corrected chi connectivity index (χ0v) is 21.8. The minimum Gasteiger partial charge on any atom is -0.495 e. The van der Waals surface area contributed by atoms with Gasteiger partial charge in [0.2, 0.25) is 0 Å². The number of nitrogens with one attached hydrogen (secondary N) is 1. The molecule has 1 heterocycles. The highest BCUT2D eigenvalue weighted by molar-refractivity contribution is 6.34. The molecule has 0 bridgehead atoms. The summed E-state index contributed by atoms with van der Waals surface area (Å²) in [5.41, 5.74) is 2.00. The van der Waals surface area contributed by atoms with Crippen LogP contribution in [0.15, 0.2) is 77.9 Å². The van der Waals surface area contributed by atoms with E-state index in [1.54, 1.807) is 60.7 Å². The molecule has 10 heteroatoms. The molecule has 1 N–H and O–H groups in total. The molecule has 38 heavy (non-hydrogen) atoms. The Hall–Kier alpha value is -3.95. The summed E-state index contributed by atoms with van der Waals surface area (Å²) in [6.07, 6.45) is 0.266. The molecule has 3 amide bonds. The molecule has 0 saturated carbocycles. The van der Waals surface area contributed by atoms with Crippen LogP contribution in [-0.4, -0.2) is 61.5 Å². The van der Waals surface area contributed by atoms with Crippen LogP contribution in [0.4, 0.5) is 14.9 Å². The van der Waals surface area contributed by atoms with Gasteiger partial charge in [-0.1, -0.05) is 60.1 Å². The number of methoxy groups -OCH3 is 2. The SMILES string of the molecule is COCCN(CC(=O)N1N=C(c2ccccc2Cl)CC1c1ccccc1F)C(=O)Nc1ccccc1OC. The summed E-state index contributed by atoms with van der Waals surface area (Å²) in [6, 6.07) is 19.2. The number of carbonyl (C=O) groups excluding carboxylic acids is 2. The first-order chi connectivity index (χ1) is 18.4. The second-order valence-corrected chi connectivity index (χ2v) is 8.96. The monoisotopic (exact) mass is 538 g/mol. The molecule has 3 aromatic rings. The summed E-state index contributed by atoms with van der Waals surface area (Å²) in [5.74, 6) is -0.449. The smallest absolute Gasteiger partial charge is 0.322 e. The fraction of sp³-hybridized carbons (Fsp3) is 0.250. The van der Waals surface area contributed by atoms with Gasteiger partial charge in [-0.3, -0.25) is 4.79 Å².